The minimum Gasteiger partial charge on any atom is -0.313 e. The number of hydrogen-bond acceptors (Lipinski definition) is 3. The number of fused-ring (bicyclic) bond motifs is 2. The molecule has 0 bridgehead atoms. The second-order valence-electron chi connectivity index (χ2n) is 7.09. The molecule has 0 radical (unpaired) electrons. The maximum Gasteiger partial charge on any atom is 0.257 e. The number of hydrogen-bond donors (Lipinski definition) is 1. The first-order valence-electron chi connectivity index (χ1n) is 9.73. The Labute approximate surface area is 187 Å². The van der Waals surface area contributed by atoms with E-state index >= 15 is 0 Å². The summed E-state index contributed by atoms with van der Waals surface area (Å²) in [5.74, 6) is -0.349. The number of benzene rings is 4. The van der Waals surface area contributed by atoms with Gasteiger partial charge in [0, 0.05) is 10.1 Å². The lowest BCUT2D eigenvalue weighted by Crippen LogP contribution is -2.16. The summed E-state index contributed by atoms with van der Waals surface area (Å²) in [5, 5.41) is 6.44. The molecule has 4 aromatic carbocycles. The first-order chi connectivity index (χ1) is 15.1. The molecule has 1 amide bonds. The number of carbonyl (C=O) groups excluding carboxylic acids is 1. The highest BCUT2D eigenvalue weighted by molar-refractivity contribution is 7.22. The van der Waals surface area contributed by atoms with Crippen molar-refractivity contribution in [1.29, 1.82) is 0 Å². The first kappa shape index (κ1) is 19.5. The van der Waals surface area contributed by atoms with Crippen molar-refractivity contribution in [2.75, 3.05) is 5.32 Å². The van der Waals surface area contributed by atoms with Gasteiger partial charge in [-0.1, -0.05) is 78.3 Å². The highest BCUT2D eigenvalue weighted by Crippen LogP contribution is 2.37. The molecule has 0 atom stereocenters. The van der Waals surface area contributed by atoms with E-state index in [0.717, 1.165) is 21.0 Å². The molecular weight excluding hydrogens is 426 g/mol. The summed E-state index contributed by atoms with van der Waals surface area (Å²) < 4.78 is 0.811. The lowest BCUT2D eigenvalue weighted by molar-refractivity contribution is 0.102. The average Bonchev–Trinajstić information content (AvgIpc) is 2.79. The quantitative estimate of drug-likeness (QED) is 0.328. The normalized spacial score (nSPS) is 11.0. The SMILES string of the molecule is O=C(Nc1sc2ccccc2c(=O)c1-c1cccc2ccccc12)c1ccccc1Cl. The molecule has 0 saturated heterocycles. The molecule has 1 aromatic heterocycles. The highest BCUT2D eigenvalue weighted by atomic mass is 35.5. The van der Waals surface area contributed by atoms with Gasteiger partial charge in [-0.2, -0.15) is 0 Å². The molecule has 0 fully saturated rings. The Morgan fingerprint density at radius 1 is 0.774 bits per heavy atom. The third kappa shape index (κ3) is 3.50. The van der Waals surface area contributed by atoms with Crippen molar-refractivity contribution in [2.45, 2.75) is 0 Å². The molecule has 1 N–H and O–H groups in total. The molecule has 1 heterocycles. The van der Waals surface area contributed by atoms with E-state index in [-0.39, 0.29) is 11.3 Å². The van der Waals surface area contributed by atoms with Gasteiger partial charge in [0.25, 0.3) is 5.91 Å². The molecule has 0 aliphatic carbocycles. The van der Waals surface area contributed by atoms with E-state index in [1.165, 1.54) is 11.3 Å². The maximum atomic E-state index is 13.6. The van der Waals surface area contributed by atoms with Crippen LogP contribution in [0.3, 0.4) is 0 Å². The Hall–Kier alpha value is -3.47. The lowest BCUT2D eigenvalue weighted by Gasteiger charge is -2.14. The maximum absolute atomic E-state index is 13.6. The van der Waals surface area contributed by atoms with Crippen molar-refractivity contribution >= 4 is 54.7 Å². The fraction of sp³-hybridized carbons (Fsp3) is 0. The highest BCUT2D eigenvalue weighted by Gasteiger charge is 2.19. The summed E-state index contributed by atoms with van der Waals surface area (Å²) in [4.78, 5) is 26.6. The van der Waals surface area contributed by atoms with Gasteiger partial charge in [-0.3, -0.25) is 9.59 Å². The Bertz CT molecular complexity index is 1520. The summed E-state index contributed by atoms with van der Waals surface area (Å²) >= 11 is 7.61. The molecular formula is C26H16ClNO2S. The monoisotopic (exact) mass is 441 g/mol. The smallest absolute Gasteiger partial charge is 0.257 e. The molecule has 0 saturated carbocycles. The van der Waals surface area contributed by atoms with Crippen molar-refractivity contribution in [2.24, 2.45) is 0 Å². The molecule has 5 heteroatoms. The van der Waals surface area contributed by atoms with Crippen LogP contribution in [0.15, 0.2) is 95.8 Å². The topological polar surface area (TPSA) is 46.2 Å². The van der Waals surface area contributed by atoms with Gasteiger partial charge >= 0.3 is 0 Å². The van der Waals surface area contributed by atoms with Crippen LogP contribution in [-0.2, 0) is 0 Å². The molecule has 0 aliphatic heterocycles. The number of nitrogens with one attached hydrogen (secondary N) is 1. The van der Waals surface area contributed by atoms with Crippen molar-refractivity contribution in [3.63, 3.8) is 0 Å². The third-order valence-corrected chi connectivity index (χ3v) is 6.62. The zero-order valence-electron chi connectivity index (χ0n) is 16.3. The van der Waals surface area contributed by atoms with Crippen LogP contribution in [0.25, 0.3) is 32.0 Å². The van der Waals surface area contributed by atoms with Crippen LogP contribution in [0.5, 0.6) is 0 Å². The van der Waals surface area contributed by atoms with Crippen molar-refractivity contribution in [1.82, 2.24) is 0 Å². The van der Waals surface area contributed by atoms with E-state index < -0.39 is 0 Å². The van der Waals surface area contributed by atoms with Crippen LogP contribution >= 0.6 is 22.9 Å². The first-order valence-corrected chi connectivity index (χ1v) is 10.9. The van der Waals surface area contributed by atoms with Gasteiger partial charge in [0.15, 0.2) is 5.43 Å². The van der Waals surface area contributed by atoms with Crippen LogP contribution in [0.2, 0.25) is 5.02 Å². The van der Waals surface area contributed by atoms with Gasteiger partial charge in [-0.15, -0.1) is 11.3 Å². The Kier molecular flexibility index (Phi) is 5.02. The van der Waals surface area contributed by atoms with E-state index in [9.17, 15) is 9.59 Å². The van der Waals surface area contributed by atoms with E-state index in [1.54, 1.807) is 24.3 Å². The van der Waals surface area contributed by atoms with Gasteiger partial charge in [0.2, 0.25) is 0 Å². The lowest BCUT2D eigenvalue weighted by atomic mass is 9.98. The van der Waals surface area contributed by atoms with Gasteiger partial charge in [-0.25, -0.2) is 0 Å². The van der Waals surface area contributed by atoms with E-state index in [2.05, 4.69) is 5.32 Å². The number of halogens is 1. The van der Waals surface area contributed by atoms with Crippen molar-refractivity contribution in [3.05, 3.63) is 112 Å². The second kappa shape index (κ2) is 7.99. The fourth-order valence-corrected chi connectivity index (χ4v) is 5.04. The number of rotatable bonds is 3. The molecule has 150 valence electrons. The minimum absolute atomic E-state index is 0.111. The molecule has 31 heavy (non-hydrogen) atoms. The van der Waals surface area contributed by atoms with Gasteiger partial charge in [-0.05, 0) is 40.6 Å². The average molecular weight is 442 g/mol. The third-order valence-electron chi connectivity index (χ3n) is 5.20. The molecule has 5 rings (SSSR count). The standard InChI is InChI=1S/C26H16ClNO2S/c27-21-14-5-3-11-19(21)25(30)28-26-23(24(29)20-12-4-6-15-22(20)31-26)18-13-7-9-16-8-1-2-10-17(16)18/h1-15H,(H,28,30). The molecule has 0 aliphatic rings. The van der Waals surface area contributed by atoms with Crippen LogP contribution in [0.1, 0.15) is 10.4 Å². The second-order valence-corrected chi connectivity index (χ2v) is 8.55. The zero-order chi connectivity index (χ0) is 21.4. The summed E-state index contributed by atoms with van der Waals surface area (Å²) in [6, 6.07) is 28.1. The summed E-state index contributed by atoms with van der Waals surface area (Å²) in [7, 11) is 0. The zero-order valence-corrected chi connectivity index (χ0v) is 17.8. The number of anilines is 1. The van der Waals surface area contributed by atoms with Crippen LogP contribution < -0.4 is 10.7 Å². The number of amides is 1. The summed E-state index contributed by atoms with van der Waals surface area (Å²) in [5.41, 5.74) is 1.53. The molecule has 5 aromatic rings. The minimum atomic E-state index is -0.349. The molecule has 0 unspecified atom stereocenters. The van der Waals surface area contributed by atoms with E-state index in [4.69, 9.17) is 11.6 Å². The van der Waals surface area contributed by atoms with Gasteiger partial charge in [0.05, 0.1) is 16.1 Å². The Morgan fingerprint density at radius 3 is 2.29 bits per heavy atom. The predicted octanol–water partition coefficient (Wildman–Crippen LogP) is 6.99. The van der Waals surface area contributed by atoms with Crippen LogP contribution in [0.4, 0.5) is 5.00 Å². The van der Waals surface area contributed by atoms with Crippen molar-refractivity contribution < 1.29 is 4.79 Å². The summed E-state index contributed by atoms with van der Waals surface area (Å²) in [6.07, 6.45) is 0. The van der Waals surface area contributed by atoms with Gasteiger partial charge < -0.3 is 5.32 Å². The molecule has 3 nitrogen and oxygen atoms in total. The Morgan fingerprint density at radius 2 is 1.45 bits per heavy atom. The van der Waals surface area contributed by atoms with Crippen LogP contribution in [0, 0.1) is 0 Å². The predicted molar refractivity (Wildman–Crippen MR) is 130 cm³/mol. The number of carbonyl (C=O) groups is 1. The molecule has 0 spiro atoms. The largest absolute Gasteiger partial charge is 0.313 e. The fourth-order valence-electron chi connectivity index (χ4n) is 3.73. The van der Waals surface area contributed by atoms with Crippen LogP contribution in [-0.4, -0.2) is 5.91 Å². The Balaban J connectivity index is 1.77. The summed E-state index contributed by atoms with van der Waals surface area (Å²) in [6.45, 7) is 0. The van der Waals surface area contributed by atoms with E-state index in [1.807, 2.05) is 66.7 Å². The van der Waals surface area contributed by atoms with E-state index in [0.29, 0.717) is 26.5 Å². The van der Waals surface area contributed by atoms with Crippen molar-refractivity contribution in [3.8, 4) is 11.1 Å². The van der Waals surface area contributed by atoms with Gasteiger partial charge in [0.1, 0.15) is 5.00 Å².